The zero-order chi connectivity index (χ0) is 15.7. The molecule has 6 nitrogen and oxygen atoms in total. The molecule has 23 heavy (non-hydrogen) atoms. The van der Waals surface area contributed by atoms with Crippen LogP contribution in [0.25, 0.3) is 11.1 Å². The zero-order valence-corrected chi connectivity index (χ0v) is 14.5. The van der Waals surface area contributed by atoms with Crippen LogP contribution >= 0.6 is 12.4 Å². The molecule has 0 aromatic carbocycles. The van der Waals surface area contributed by atoms with Crippen LogP contribution in [0.15, 0.2) is 10.6 Å². The van der Waals surface area contributed by atoms with E-state index in [1.807, 2.05) is 26.8 Å². The predicted molar refractivity (Wildman–Crippen MR) is 91.2 cm³/mol. The number of amides is 1. The zero-order valence-electron chi connectivity index (χ0n) is 13.7. The second kappa shape index (κ2) is 7.27. The van der Waals surface area contributed by atoms with Crippen molar-refractivity contribution in [2.45, 2.75) is 45.6 Å². The van der Waals surface area contributed by atoms with E-state index in [9.17, 15) is 4.79 Å². The summed E-state index contributed by atoms with van der Waals surface area (Å²) in [5, 5.41) is 11.1. The molecule has 1 saturated heterocycles. The second-order valence-corrected chi connectivity index (χ2v) is 6.20. The fourth-order valence-corrected chi connectivity index (χ4v) is 2.83. The van der Waals surface area contributed by atoms with E-state index in [1.54, 1.807) is 0 Å². The Hall–Kier alpha value is -1.66. The van der Waals surface area contributed by atoms with Gasteiger partial charge >= 0.3 is 0 Å². The van der Waals surface area contributed by atoms with Crippen LogP contribution in [0.1, 0.15) is 54.4 Å². The third-order valence-corrected chi connectivity index (χ3v) is 4.14. The molecular weight excluding hydrogens is 316 g/mol. The van der Waals surface area contributed by atoms with Crippen LogP contribution < -0.4 is 10.6 Å². The maximum absolute atomic E-state index is 12.6. The molecule has 1 atom stereocenters. The molecule has 0 radical (unpaired) electrons. The normalized spacial score (nSPS) is 17.5. The number of fused-ring (bicyclic) bond motifs is 1. The van der Waals surface area contributed by atoms with Crippen molar-refractivity contribution in [2.75, 3.05) is 13.1 Å². The molecule has 2 aromatic heterocycles. The van der Waals surface area contributed by atoms with Crippen molar-refractivity contribution in [3.8, 4) is 0 Å². The minimum absolute atomic E-state index is 0. The first-order chi connectivity index (χ1) is 10.6. The highest BCUT2D eigenvalue weighted by molar-refractivity contribution is 6.06. The maximum Gasteiger partial charge on any atom is 0.259 e. The monoisotopic (exact) mass is 338 g/mol. The lowest BCUT2D eigenvalue weighted by molar-refractivity contribution is 0.0951. The molecule has 3 rings (SSSR count). The molecule has 0 spiro atoms. The van der Waals surface area contributed by atoms with E-state index in [1.165, 1.54) is 6.42 Å². The number of nitrogens with one attached hydrogen (secondary N) is 2. The molecule has 0 bridgehead atoms. The Bertz CT molecular complexity index is 693. The van der Waals surface area contributed by atoms with E-state index in [0.717, 1.165) is 18.7 Å². The van der Waals surface area contributed by atoms with Crippen molar-refractivity contribution in [1.82, 2.24) is 20.8 Å². The number of aryl methyl sites for hydroxylation is 1. The van der Waals surface area contributed by atoms with Gasteiger partial charge in [-0.25, -0.2) is 4.98 Å². The lowest BCUT2D eigenvalue weighted by atomic mass is 10.0. The van der Waals surface area contributed by atoms with Gasteiger partial charge in [0.15, 0.2) is 0 Å². The second-order valence-electron chi connectivity index (χ2n) is 6.20. The van der Waals surface area contributed by atoms with E-state index >= 15 is 0 Å². The minimum atomic E-state index is -0.0886. The number of pyridine rings is 1. The van der Waals surface area contributed by atoms with Gasteiger partial charge in [-0.2, -0.15) is 0 Å². The van der Waals surface area contributed by atoms with Crippen LogP contribution in [0, 0.1) is 6.92 Å². The van der Waals surface area contributed by atoms with Crippen LogP contribution in [0.2, 0.25) is 0 Å². The van der Waals surface area contributed by atoms with Gasteiger partial charge in [0.05, 0.1) is 16.6 Å². The van der Waals surface area contributed by atoms with Crippen LogP contribution in [0.4, 0.5) is 0 Å². The van der Waals surface area contributed by atoms with Crippen LogP contribution in [0.5, 0.6) is 0 Å². The Morgan fingerprint density at radius 2 is 2.30 bits per heavy atom. The van der Waals surface area contributed by atoms with Gasteiger partial charge in [0.2, 0.25) is 0 Å². The molecule has 2 aromatic rings. The van der Waals surface area contributed by atoms with E-state index in [-0.39, 0.29) is 24.2 Å². The van der Waals surface area contributed by atoms with Crippen LogP contribution in [-0.4, -0.2) is 35.2 Å². The number of aromatic nitrogens is 2. The molecule has 3 heterocycles. The van der Waals surface area contributed by atoms with Crippen LogP contribution in [0.3, 0.4) is 0 Å². The number of nitrogens with zero attached hydrogens (tertiary/aromatic N) is 2. The highest BCUT2D eigenvalue weighted by Crippen LogP contribution is 2.25. The van der Waals surface area contributed by atoms with E-state index < -0.39 is 0 Å². The molecular formula is C16H23ClN4O2. The summed E-state index contributed by atoms with van der Waals surface area (Å²) in [6.07, 6.45) is 2.28. The van der Waals surface area contributed by atoms with Gasteiger partial charge in [0.1, 0.15) is 0 Å². The Morgan fingerprint density at radius 3 is 2.96 bits per heavy atom. The van der Waals surface area contributed by atoms with Gasteiger partial charge in [-0.3, -0.25) is 4.79 Å². The Morgan fingerprint density at radius 1 is 1.52 bits per heavy atom. The average Bonchev–Trinajstić information content (AvgIpc) is 3.14. The largest absolute Gasteiger partial charge is 0.350 e. The fourth-order valence-electron chi connectivity index (χ4n) is 2.83. The van der Waals surface area contributed by atoms with Gasteiger partial charge in [-0.1, -0.05) is 19.0 Å². The number of halogens is 1. The van der Waals surface area contributed by atoms with Gasteiger partial charge in [-0.05, 0) is 38.3 Å². The first-order valence-corrected chi connectivity index (χ1v) is 7.84. The van der Waals surface area contributed by atoms with Gasteiger partial charge in [0.25, 0.3) is 11.6 Å². The van der Waals surface area contributed by atoms with E-state index in [2.05, 4.69) is 20.8 Å². The third-order valence-electron chi connectivity index (χ3n) is 4.14. The van der Waals surface area contributed by atoms with Gasteiger partial charge in [0, 0.05) is 18.3 Å². The summed E-state index contributed by atoms with van der Waals surface area (Å²) in [7, 11) is 0. The number of hydrogen-bond donors (Lipinski definition) is 2. The molecule has 2 N–H and O–H groups in total. The van der Waals surface area contributed by atoms with Crippen molar-refractivity contribution in [1.29, 1.82) is 0 Å². The number of hydrogen-bond acceptors (Lipinski definition) is 5. The Balaban J connectivity index is 0.00000192. The van der Waals surface area contributed by atoms with Crippen molar-refractivity contribution < 1.29 is 9.32 Å². The quantitative estimate of drug-likeness (QED) is 0.895. The standard InChI is InChI=1S/C16H22N4O2.ClH/c1-9(2)13-7-12(14-10(3)20-22-16(14)19-13)15(21)18-8-11-5-4-6-17-11;/h7,9,11,17H,4-6,8H2,1-3H3,(H,18,21);1H. The lowest BCUT2D eigenvalue weighted by Crippen LogP contribution is -2.37. The number of carbonyl (C=O) groups is 1. The first-order valence-electron chi connectivity index (χ1n) is 7.84. The Labute approximate surface area is 141 Å². The van der Waals surface area contributed by atoms with Crippen LogP contribution in [-0.2, 0) is 0 Å². The summed E-state index contributed by atoms with van der Waals surface area (Å²) in [5.41, 5.74) is 2.58. The summed E-state index contributed by atoms with van der Waals surface area (Å²) in [4.78, 5) is 17.1. The maximum atomic E-state index is 12.6. The van der Waals surface area contributed by atoms with Crippen molar-refractivity contribution in [3.63, 3.8) is 0 Å². The highest BCUT2D eigenvalue weighted by atomic mass is 35.5. The van der Waals surface area contributed by atoms with Gasteiger partial charge < -0.3 is 15.2 Å². The molecule has 1 aliphatic rings. The minimum Gasteiger partial charge on any atom is -0.350 e. The first kappa shape index (κ1) is 17.7. The molecule has 0 aliphatic carbocycles. The SMILES string of the molecule is Cc1noc2nc(C(C)C)cc(C(=O)NCC3CCCN3)c12.Cl. The molecule has 1 unspecified atom stereocenters. The number of carbonyl (C=O) groups excluding carboxylic acids is 1. The molecule has 1 amide bonds. The van der Waals surface area contributed by atoms with Gasteiger partial charge in [-0.15, -0.1) is 12.4 Å². The molecule has 1 fully saturated rings. The van der Waals surface area contributed by atoms with Crippen molar-refractivity contribution >= 4 is 29.4 Å². The predicted octanol–water partition coefficient (Wildman–Crippen LogP) is 2.56. The fraction of sp³-hybridized carbons (Fsp3) is 0.562. The van der Waals surface area contributed by atoms with Crippen molar-refractivity contribution in [2.24, 2.45) is 0 Å². The van der Waals surface area contributed by atoms with E-state index in [4.69, 9.17) is 4.52 Å². The summed E-state index contributed by atoms with van der Waals surface area (Å²) in [6, 6.07) is 2.23. The topological polar surface area (TPSA) is 80.0 Å². The number of rotatable bonds is 4. The molecule has 1 aliphatic heterocycles. The summed E-state index contributed by atoms with van der Waals surface area (Å²) in [6.45, 7) is 7.59. The molecule has 126 valence electrons. The molecule has 0 saturated carbocycles. The average molecular weight is 339 g/mol. The third kappa shape index (κ3) is 3.64. The van der Waals surface area contributed by atoms with Crippen molar-refractivity contribution in [3.05, 3.63) is 23.0 Å². The summed E-state index contributed by atoms with van der Waals surface area (Å²) < 4.78 is 5.25. The summed E-state index contributed by atoms with van der Waals surface area (Å²) >= 11 is 0. The lowest BCUT2D eigenvalue weighted by Gasteiger charge is -2.13. The summed E-state index contributed by atoms with van der Waals surface area (Å²) in [5.74, 6) is 0.132. The Kier molecular flexibility index (Phi) is 5.59. The highest BCUT2D eigenvalue weighted by Gasteiger charge is 2.21. The van der Waals surface area contributed by atoms with E-state index in [0.29, 0.717) is 34.9 Å². The molecule has 7 heteroatoms. The smallest absolute Gasteiger partial charge is 0.259 e.